The second-order valence-electron chi connectivity index (χ2n) is 4.86. The highest BCUT2D eigenvalue weighted by atomic mass is 32.1. The van der Waals surface area contributed by atoms with Gasteiger partial charge in [-0.1, -0.05) is 6.92 Å². The molecular formula is C16H19F2NOS. The van der Waals surface area contributed by atoms with Gasteiger partial charge < -0.3 is 10.1 Å². The quantitative estimate of drug-likeness (QED) is 0.852. The average molecular weight is 311 g/mol. The summed E-state index contributed by atoms with van der Waals surface area (Å²) in [5, 5.41) is 5.17. The SMILES string of the molecule is CCCNC(c1sccc1C)c1c(F)cc(OC)cc1F. The Balaban J connectivity index is 2.49. The number of halogens is 2. The van der Waals surface area contributed by atoms with Crippen LogP contribution >= 0.6 is 11.3 Å². The first-order valence-corrected chi connectivity index (χ1v) is 7.76. The van der Waals surface area contributed by atoms with E-state index in [4.69, 9.17) is 4.74 Å². The molecule has 1 unspecified atom stereocenters. The van der Waals surface area contributed by atoms with Crippen LogP contribution in [0.5, 0.6) is 5.75 Å². The third-order valence-electron chi connectivity index (χ3n) is 3.34. The molecule has 5 heteroatoms. The lowest BCUT2D eigenvalue weighted by Crippen LogP contribution is -2.25. The van der Waals surface area contributed by atoms with Gasteiger partial charge >= 0.3 is 0 Å². The van der Waals surface area contributed by atoms with Gasteiger partial charge in [-0.25, -0.2) is 8.78 Å². The molecule has 2 aromatic rings. The van der Waals surface area contributed by atoms with Crippen molar-refractivity contribution in [1.82, 2.24) is 5.32 Å². The van der Waals surface area contributed by atoms with Crippen LogP contribution in [-0.2, 0) is 0 Å². The first-order valence-electron chi connectivity index (χ1n) is 6.88. The number of thiophene rings is 1. The summed E-state index contributed by atoms with van der Waals surface area (Å²) >= 11 is 1.50. The van der Waals surface area contributed by atoms with Gasteiger partial charge in [-0.05, 0) is 36.9 Å². The zero-order valence-corrected chi connectivity index (χ0v) is 13.2. The van der Waals surface area contributed by atoms with Crippen LogP contribution in [0.4, 0.5) is 8.78 Å². The van der Waals surface area contributed by atoms with Crippen molar-refractivity contribution in [1.29, 1.82) is 0 Å². The van der Waals surface area contributed by atoms with Gasteiger partial charge in [-0.3, -0.25) is 0 Å². The molecule has 0 saturated heterocycles. The number of aryl methyl sites for hydroxylation is 1. The minimum Gasteiger partial charge on any atom is -0.497 e. The molecule has 0 aliphatic rings. The zero-order valence-electron chi connectivity index (χ0n) is 12.4. The number of methoxy groups -OCH3 is 1. The van der Waals surface area contributed by atoms with Gasteiger partial charge in [0, 0.05) is 22.6 Å². The lowest BCUT2D eigenvalue weighted by molar-refractivity contribution is 0.403. The molecule has 0 radical (unpaired) electrons. The second kappa shape index (κ2) is 7.00. The number of hydrogen-bond acceptors (Lipinski definition) is 3. The first kappa shape index (κ1) is 15.9. The minimum absolute atomic E-state index is 0.0507. The van der Waals surface area contributed by atoms with E-state index < -0.39 is 17.7 Å². The summed E-state index contributed by atoms with van der Waals surface area (Å²) in [5.74, 6) is -0.993. The molecular weight excluding hydrogens is 292 g/mol. The number of ether oxygens (including phenoxy) is 1. The predicted molar refractivity (Wildman–Crippen MR) is 82.1 cm³/mol. The highest BCUT2D eigenvalue weighted by Crippen LogP contribution is 2.34. The summed E-state index contributed by atoms with van der Waals surface area (Å²) in [5.41, 5.74) is 1.08. The summed E-state index contributed by atoms with van der Waals surface area (Å²) < 4.78 is 33.6. The van der Waals surface area contributed by atoms with Crippen molar-refractivity contribution in [2.24, 2.45) is 0 Å². The Labute approximate surface area is 127 Å². The van der Waals surface area contributed by atoms with E-state index in [1.54, 1.807) is 0 Å². The Hall–Kier alpha value is -1.46. The van der Waals surface area contributed by atoms with Gasteiger partial charge in [0.1, 0.15) is 17.4 Å². The van der Waals surface area contributed by atoms with Crippen molar-refractivity contribution < 1.29 is 13.5 Å². The highest BCUT2D eigenvalue weighted by molar-refractivity contribution is 7.10. The molecule has 1 aromatic heterocycles. The van der Waals surface area contributed by atoms with Gasteiger partial charge in [-0.2, -0.15) is 0 Å². The molecule has 2 nitrogen and oxygen atoms in total. The van der Waals surface area contributed by atoms with Crippen LogP contribution in [0.2, 0.25) is 0 Å². The van der Waals surface area contributed by atoms with Crippen LogP contribution in [0.3, 0.4) is 0 Å². The second-order valence-corrected chi connectivity index (χ2v) is 5.81. The smallest absolute Gasteiger partial charge is 0.134 e. The van der Waals surface area contributed by atoms with E-state index in [1.807, 2.05) is 25.3 Å². The van der Waals surface area contributed by atoms with E-state index in [0.29, 0.717) is 6.54 Å². The highest BCUT2D eigenvalue weighted by Gasteiger charge is 2.24. The monoisotopic (exact) mass is 311 g/mol. The van der Waals surface area contributed by atoms with Crippen LogP contribution < -0.4 is 10.1 Å². The van der Waals surface area contributed by atoms with Gasteiger partial charge in [-0.15, -0.1) is 11.3 Å². The maximum Gasteiger partial charge on any atom is 0.134 e. The topological polar surface area (TPSA) is 21.3 Å². The minimum atomic E-state index is -0.590. The van der Waals surface area contributed by atoms with Gasteiger partial charge in [0.25, 0.3) is 0 Å². The molecule has 0 amide bonds. The van der Waals surface area contributed by atoms with Crippen molar-refractivity contribution in [2.45, 2.75) is 26.3 Å². The lowest BCUT2D eigenvalue weighted by Gasteiger charge is -2.20. The fourth-order valence-corrected chi connectivity index (χ4v) is 3.26. The van der Waals surface area contributed by atoms with Crippen molar-refractivity contribution in [2.75, 3.05) is 13.7 Å². The molecule has 1 atom stereocenters. The molecule has 1 N–H and O–H groups in total. The van der Waals surface area contributed by atoms with Gasteiger partial charge in [0.2, 0.25) is 0 Å². The average Bonchev–Trinajstić information content (AvgIpc) is 2.87. The van der Waals surface area contributed by atoms with Crippen molar-refractivity contribution >= 4 is 11.3 Å². The number of rotatable bonds is 6. The molecule has 114 valence electrons. The molecule has 0 fully saturated rings. The standard InChI is InChI=1S/C16H19F2NOS/c1-4-6-19-15(16-10(2)5-7-21-16)14-12(17)8-11(20-3)9-13(14)18/h5,7-9,15,19H,4,6H2,1-3H3. The molecule has 1 aromatic carbocycles. The Morgan fingerprint density at radius 3 is 2.43 bits per heavy atom. The van der Waals surface area contributed by atoms with Crippen molar-refractivity contribution in [3.63, 3.8) is 0 Å². The molecule has 0 spiro atoms. The van der Waals surface area contributed by atoms with E-state index in [-0.39, 0.29) is 11.3 Å². The Morgan fingerprint density at radius 2 is 1.95 bits per heavy atom. The molecule has 1 heterocycles. The van der Waals surface area contributed by atoms with Crippen LogP contribution in [0.1, 0.15) is 35.4 Å². The summed E-state index contributed by atoms with van der Waals surface area (Å²) in [6, 6.07) is 3.93. The Bertz CT molecular complexity index is 589. The van der Waals surface area contributed by atoms with Crippen LogP contribution in [0.25, 0.3) is 0 Å². The van der Waals surface area contributed by atoms with Crippen LogP contribution in [-0.4, -0.2) is 13.7 Å². The van der Waals surface area contributed by atoms with Crippen molar-refractivity contribution in [3.8, 4) is 5.75 Å². The number of nitrogens with one attached hydrogen (secondary N) is 1. The van der Waals surface area contributed by atoms with Crippen molar-refractivity contribution in [3.05, 3.63) is 51.2 Å². The van der Waals surface area contributed by atoms with E-state index >= 15 is 0 Å². The zero-order chi connectivity index (χ0) is 15.4. The lowest BCUT2D eigenvalue weighted by atomic mass is 10.0. The Morgan fingerprint density at radius 1 is 1.29 bits per heavy atom. The molecule has 2 rings (SSSR count). The summed E-state index contributed by atoms with van der Waals surface area (Å²) in [4.78, 5) is 0.936. The maximum atomic E-state index is 14.3. The normalized spacial score (nSPS) is 12.4. The largest absolute Gasteiger partial charge is 0.497 e. The first-order chi connectivity index (χ1) is 10.1. The third-order valence-corrected chi connectivity index (χ3v) is 4.42. The molecule has 21 heavy (non-hydrogen) atoms. The van der Waals surface area contributed by atoms with Gasteiger partial charge in [0.15, 0.2) is 0 Å². The summed E-state index contributed by atoms with van der Waals surface area (Å²) in [6.45, 7) is 4.66. The fraction of sp³-hybridized carbons (Fsp3) is 0.375. The van der Waals surface area contributed by atoms with Gasteiger partial charge in [0.05, 0.1) is 13.2 Å². The number of hydrogen-bond donors (Lipinski definition) is 1. The number of benzene rings is 1. The van der Waals surface area contributed by atoms with E-state index in [0.717, 1.165) is 16.9 Å². The molecule has 0 aliphatic carbocycles. The molecule has 0 bridgehead atoms. The van der Waals surface area contributed by atoms with E-state index in [9.17, 15) is 8.78 Å². The summed E-state index contributed by atoms with van der Waals surface area (Å²) in [7, 11) is 1.39. The third kappa shape index (κ3) is 3.41. The predicted octanol–water partition coefficient (Wildman–Crippen LogP) is 4.43. The van der Waals surface area contributed by atoms with Crippen LogP contribution in [0.15, 0.2) is 23.6 Å². The Kier molecular flexibility index (Phi) is 5.31. The molecule has 0 aliphatic heterocycles. The molecule has 0 saturated carbocycles. The summed E-state index contributed by atoms with van der Waals surface area (Å²) in [6.07, 6.45) is 0.889. The van der Waals surface area contributed by atoms with E-state index in [1.165, 1.54) is 30.6 Å². The fourth-order valence-electron chi connectivity index (χ4n) is 2.25. The van der Waals surface area contributed by atoms with Crippen LogP contribution in [0, 0.1) is 18.6 Å². The van der Waals surface area contributed by atoms with E-state index in [2.05, 4.69) is 5.32 Å². The maximum absolute atomic E-state index is 14.3.